The van der Waals surface area contributed by atoms with Crippen molar-refractivity contribution in [2.75, 3.05) is 5.73 Å². The molecule has 24 heavy (non-hydrogen) atoms. The maximum absolute atomic E-state index is 6.55. The van der Waals surface area contributed by atoms with Gasteiger partial charge in [-0.05, 0) is 23.8 Å². The van der Waals surface area contributed by atoms with E-state index >= 15 is 0 Å². The average Bonchev–Trinajstić information content (AvgIpc) is 3.01. The predicted molar refractivity (Wildman–Crippen MR) is 98.8 cm³/mol. The second kappa shape index (κ2) is 5.65. The maximum Gasteiger partial charge on any atom is 0.139 e. The van der Waals surface area contributed by atoms with Crippen LogP contribution in [0.3, 0.4) is 0 Å². The number of anilines is 1. The molecule has 0 bridgehead atoms. The third-order valence-corrected chi connectivity index (χ3v) is 4.26. The summed E-state index contributed by atoms with van der Waals surface area (Å²) in [5.41, 5.74) is 11.2. The summed E-state index contributed by atoms with van der Waals surface area (Å²) in [5.74, 6) is 0. The van der Waals surface area contributed by atoms with Gasteiger partial charge in [0.2, 0.25) is 0 Å². The summed E-state index contributed by atoms with van der Waals surface area (Å²) in [4.78, 5) is 9.02. The molecule has 0 atom stereocenters. The van der Waals surface area contributed by atoms with E-state index in [1.165, 1.54) is 0 Å². The summed E-state index contributed by atoms with van der Waals surface area (Å²) in [6.45, 7) is 0. The lowest BCUT2D eigenvalue weighted by atomic mass is 9.95. The van der Waals surface area contributed by atoms with Gasteiger partial charge in [0.15, 0.2) is 0 Å². The highest BCUT2D eigenvalue weighted by Gasteiger charge is 2.19. The minimum atomic E-state index is 0.435. The van der Waals surface area contributed by atoms with Crippen molar-refractivity contribution in [2.24, 2.45) is 7.05 Å². The van der Waals surface area contributed by atoms with Crippen LogP contribution in [0, 0.1) is 0 Å². The molecule has 5 heteroatoms. The van der Waals surface area contributed by atoms with E-state index in [0.717, 1.165) is 33.3 Å². The molecule has 2 aromatic carbocycles. The molecule has 2 aromatic heterocycles. The molecule has 0 saturated carbocycles. The highest BCUT2D eigenvalue weighted by molar-refractivity contribution is 6.34. The first-order valence-corrected chi connectivity index (χ1v) is 7.94. The van der Waals surface area contributed by atoms with Gasteiger partial charge < -0.3 is 10.3 Å². The first-order valence-electron chi connectivity index (χ1n) is 7.56. The molecule has 4 aromatic rings. The van der Waals surface area contributed by atoms with Crippen LogP contribution in [0.1, 0.15) is 0 Å². The molecule has 0 aliphatic rings. The Labute approximate surface area is 144 Å². The highest BCUT2D eigenvalue weighted by Crippen LogP contribution is 2.41. The lowest BCUT2D eigenvalue weighted by Gasteiger charge is -2.14. The number of nitrogens with two attached hydrogens (primary N) is 1. The fourth-order valence-corrected chi connectivity index (χ4v) is 3.21. The molecule has 0 unspecified atom stereocenters. The smallest absolute Gasteiger partial charge is 0.139 e. The molecular formula is C19H15ClN4. The molecule has 2 heterocycles. The zero-order valence-electron chi connectivity index (χ0n) is 13.1. The molecule has 2 N–H and O–H groups in total. The first kappa shape index (κ1) is 14.7. The lowest BCUT2D eigenvalue weighted by molar-refractivity contribution is 0.913. The van der Waals surface area contributed by atoms with E-state index in [2.05, 4.69) is 22.1 Å². The summed E-state index contributed by atoms with van der Waals surface area (Å²) < 4.78 is 1.89. The van der Waals surface area contributed by atoms with Gasteiger partial charge in [-0.3, -0.25) is 0 Å². The van der Waals surface area contributed by atoms with E-state index in [-0.39, 0.29) is 0 Å². The molecule has 0 saturated heterocycles. The Bertz CT molecular complexity index is 1040. The van der Waals surface area contributed by atoms with E-state index in [1.54, 1.807) is 6.33 Å². The minimum absolute atomic E-state index is 0.435. The fraction of sp³-hybridized carbons (Fsp3) is 0.0526. The zero-order valence-corrected chi connectivity index (χ0v) is 13.8. The van der Waals surface area contributed by atoms with Gasteiger partial charge in [0.1, 0.15) is 5.15 Å². The Morgan fingerprint density at radius 2 is 1.83 bits per heavy atom. The van der Waals surface area contributed by atoms with Crippen LogP contribution in [0.25, 0.3) is 33.3 Å². The number of fused-ring (bicyclic) bond motifs is 1. The van der Waals surface area contributed by atoms with Gasteiger partial charge in [-0.2, -0.15) is 0 Å². The standard InChI is InChI=1S/C19H15ClN4/c1-24-10-16(22-11-24)18-17(12-5-3-2-4-6-12)14-9-13(21)7-8-15(14)23-19(18)20/h2-11H,21H2,1H3. The number of nitrogens with zero attached hydrogens (tertiary/aromatic N) is 3. The van der Waals surface area contributed by atoms with Crippen LogP contribution in [-0.2, 0) is 7.05 Å². The monoisotopic (exact) mass is 334 g/mol. The third-order valence-electron chi connectivity index (χ3n) is 3.99. The van der Waals surface area contributed by atoms with Gasteiger partial charge >= 0.3 is 0 Å². The molecule has 0 fully saturated rings. The number of pyridine rings is 1. The number of benzene rings is 2. The summed E-state index contributed by atoms with van der Waals surface area (Å²) in [6.07, 6.45) is 3.69. The lowest BCUT2D eigenvalue weighted by Crippen LogP contribution is -1.94. The number of rotatable bonds is 2. The van der Waals surface area contributed by atoms with Crippen molar-refractivity contribution in [3.8, 4) is 22.4 Å². The second-order valence-corrected chi connectivity index (χ2v) is 6.08. The van der Waals surface area contributed by atoms with E-state index in [4.69, 9.17) is 17.3 Å². The number of hydrogen-bond acceptors (Lipinski definition) is 3. The van der Waals surface area contributed by atoms with E-state index in [0.29, 0.717) is 10.8 Å². The van der Waals surface area contributed by atoms with Crippen LogP contribution < -0.4 is 5.73 Å². The number of imidazole rings is 1. The van der Waals surface area contributed by atoms with Crippen LogP contribution in [0.2, 0.25) is 5.15 Å². The molecule has 0 radical (unpaired) electrons. The number of halogens is 1. The van der Waals surface area contributed by atoms with Crippen molar-refractivity contribution in [2.45, 2.75) is 0 Å². The summed E-state index contributed by atoms with van der Waals surface area (Å²) >= 11 is 6.55. The number of aryl methyl sites for hydroxylation is 1. The number of aromatic nitrogens is 3. The first-order chi connectivity index (χ1) is 11.6. The van der Waals surface area contributed by atoms with Crippen LogP contribution in [0.5, 0.6) is 0 Å². The normalized spacial score (nSPS) is 11.1. The van der Waals surface area contributed by atoms with Gasteiger partial charge in [-0.1, -0.05) is 41.9 Å². The number of hydrogen-bond donors (Lipinski definition) is 1. The Hall–Kier alpha value is -2.85. The van der Waals surface area contributed by atoms with Crippen molar-refractivity contribution in [1.82, 2.24) is 14.5 Å². The van der Waals surface area contributed by atoms with E-state index in [9.17, 15) is 0 Å². The molecule has 4 rings (SSSR count). The topological polar surface area (TPSA) is 56.7 Å². The Morgan fingerprint density at radius 3 is 2.54 bits per heavy atom. The van der Waals surface area contributed by atoms with Gasteiger partial charge in [-0.25, -0.2) is 9.97 Å². The fourth-order valence-electron chi connectivity index (χ4n) is 2.93. The van der Waals surface area contributed by atoms with Gasteiger partial charge in [0, 0.05) is 35.4 Å². The molecule has 0 aliphatic carbocycles. The van der Waals surface area contributed by atoms with Crippen LogP contribution in [0.4, 0.5) is 5.69 Å². The Kier molecular flexibility index (Phi) is 3.47. The van der Waals surface area contributed by atoms with Crippen LogP contribution in [0.15, 0.2) is 61.1 Å². The third kappa shape index (κ3) is 2.41. The van der Waals surface area contributed by atoms with Crippen LogP contribution in [-0.4, -0.2) is 14.5 Å². The molecular weight excluding hydrogens is 320 g/mol. The summed E-state index contributed by atoms with van der Waals surface area (Å²) in [6, 6.07) is 15.8. The average molecular weight is 335 g/mol. The van der Waals surface area contributed by atoms with Gasteiger partial charge in [-0.15, -0.1) is 0 Å². The van der Waals surface area contributed by atoms with Crippen molar-refractivity contribution in [3.05, 3.63) is 66.2 Å². The molecule has 0 amide bonds. The van der Waals surface area contributed by atoms with Gasteiger partial charge in [0.25, 0.3) is 0 Å². The summed E-state index contributed by atoms with van der Waals surface area (Å²) in [5, 5.41) is 1.40. The SMILES string of the molecule is Cn1cnc(-c2c(Cl)nc3ccc(N)cc3c2-c2ccccc2)c1. The Balaban J connectivity index is 2.16. The summed E-state index contributed by atoms with van der Waals surface area (Å²) in [7, 11) is 1.93. The van der Waals surface area contributed by atoms with Crippen molar-refractivity contribution in [1.29, 1.82) is 0 Å². The van der Waals surface area contributed by atoms with E-state index < -0.39 is 0 Å². The second-order valence-electron chi connectivity index (χ2n) is 5.72. The molecule has 0 spiro atoms. The molecule has 118 valence electrons. The maximum atomic E-state index is 6.55. The van der Waals surface area contributed by atoms with Crippen molar-refractivity contribution < 1.29 is 0 Å². The number of nitrogen functional groups attached to an aromatic ring is 1. The van der Waals surface area contributed by atoms with Crippen LogP contribution >= 0.6 is 11.6 Å². The van der Waals surface area contributed by atoms with Crippen molar-refractivity contribution >= 4 is 28.2 Å². The highest BCUT2D eigenvalue weighted by atomic mass is 35.5. The molecule has 4 nitrogen and oxygen atoms in total. The van der Waals surface area contributed by atoms with Crippen molar-refractivity contribution in [3.63, 3.8) is 0 Å². The zero-order chi connectivity index (χ0) is 16.7. The molecule has 0 aliphatic heterocycles. The Morgan fingerprint density at radius 1 is 1.04 bits per heavy atom. The minimum Gasteiger partial charge on any atom is -0.399 e. The van der Waals surface area contributed by atoms with E-state index in [1.807, 2.05) is 54.2 Å². The quantitative estimate of drug-likeness (QED) is 0.432. The largest absolute Gasteiger partial charge is 0.399 e. The van der Waals surface area contributed by atoms with Gasteiger partial charge in [0.05, 0.1) is 17.5 Å². The predicted octanol–water partition coefficient (Wildman–Crippen LogP) is 4.54.